The van der Waals surface area contributed by atoms with E-state index in [4.69, 9.17) is 21.9 Å². The average Bonchev–Trinajstić information content (AvgIpc) is 3.23. The monoisotopic (exact) mass is 377 g/mol. The molecule has 0 bridgehead atoms. The van der Waals surface area contributed by atoms with Crippen molar-refractivity contribution in [1.29, 1.82) is 0 Å². The molecule has 0 aliphatic heterocycles. The van der Waals surface area contributed by atoms with Crippen LogP contribution < -0.4 is 11.2 Å². The number of halogens is 1. The van der Waals surface area contributed by atoms with Crippen molar-refractivity contribution in [2.24, 2.45) is 0 Å². The molecule has 3 rings (SSSR count). The molecule has 2 heterocycles. The van der Waals surface area contributed by atoms with E-state index in [9.17, 15) is 4.79 Å². The van der Waals surface area contributed by atoms with Gasteiger partial charge in [0.1, 0.15) is 0 Å². The maximum absolute atomic E-state index is 12.1. The lowest BCUT2D eigenvalue weighted by Crippen LogP contribution is -2.28. The molecule has 130 valence electrons. The number of hydrogen-bond donors (Lipinski definition) is 2. The fourth-order valence-corrected chi connectivity index (χ4v) is 2.99. The summed E-state index contributed by atoms with van der Waals surface area (Å²) in [4.78, 5) is 12.1. The van der Waals surface area contributed by atoms with Gasteiger partial charge in [0.2, 0.25) is 16.9 Å². The second kappa shape index (κ2) is 7.62. The van der Waals surface area contributed by atoms with Gasteiger partial charge in [-0.2, -0.15) is 0 Å². The van der Waals surface area contributed by atoms with Gasteiger partial charge in [-0.25, -0.2) is 4.68 Å². The number of nitrogens with one attached hydrogen (secondary N) is 1. The minimum Gasteiger partial charge on any atom is -0.461 e. The highest BCUT2D eigenvalue weighted by Gasteiger charge is 2.16. The summed E-state index contributed by atoms with van der Waals surface area (Å²) in [6.07, 6.45) is 1.53. The van der Waals surface area contributed by atoms with Crippen molar-refractivity contribution in [3.8, 4) is 11.6 Å². The van der Waals surface area contributed by atoms with Gasteiger partial charge in [-0.05, 0) is 36.8 Å². The fraction of sp³-hybridized carbons (Fsp3) is 0.188. The molecular weight excluding hydrogens is 362 g/mol. The van der Waals surface area contributed by atoms with Gasteiger partial charge in [0.05, 0.1) is 18.1 Å². The van der Waals surface area contributed by atoms with Gasteiger partial charge in [-0.15, -0.1) is 10.2 Å². The zero-order valence-electron chi connectivity index (χ0n) is 13.3. The Bertz CT molecular complexity index is 848. The molecule has 25 heavy (non-hydrogen) atoms. The first-order valence-electron chi connectivity index (χ1n) is 7.46. The van der Waals surface area contributed by atoms with Crippen LogP contribution in [0, 0.1) is 0 Å². The third-order valence-corrected chi connectivity index (χ3v) is 4.68. The maximum Gasteiger partial charge on any atom is 0.230 e. The van der Waals surface area contributed by atoms with Crippen LogP contribution in [-0.4, -0.2) is 26.5 Å². The third-order valence-electron chi connectivity index (χ3n) is 3.49. The molecule has 0 unspecified atom stereocenters. The topological polar surface area (TPSA) is 99.0 Å². The molecular formula is C16H16ClN5O2S. The third kappa shape index (κ3) is 4.15. The number of amides is 1. The van der Waals surface area contributed by atoms with Gasteiger partial charge in [-0.3, -0.25) is 4.79 Å². The molecule has 1 atom stereocenters. The number of furan rings is 1. The quantitative estimate of drug-likeness (QED) is 0.506. The first-order chi connectivity index (χ1) is 12.0. The van der Waals surface area contributed by atoms with Crippen LogP contribution in [0.15, 0.2) is 52.2 Å². The number of hydrogen-bond acceptors (Lipinski definition) is 6. The van der Waals surface area contributed by atoms with E-state index in [0.717, 1.165) is 5.56 Å². The summed E-state index contributed by atoms with van der Waals surface area (Å²) in [5.74, 6) is 6.92. The van der Waals surface area contributed by atoms with E-state index >= 15 is 0 Å². The average molecular weight is 378 g/mol. The first-order valence-corrected chi connectivity index (χ1v) is 8.83. The number of nitrogen functional groups attached to an aromatic ring is 1. The van der Waals surface area contributed by atoms with Crippen molar-refractivity contribution < 1.29 is 9.21 Å². The second-order valence-corrected chi connectivity index (χ2v) is 6.66. The summed E-state index contributed by atoms with van der Waals surface area (Å²) in [6.45, 7) is 1.91. The van der Waals surface area contributed by atoms with Crippen LogP contribution in [0.5, 0.6) is 0 Å². The largest absolute Gasteiger partial charge is 0.461 e. The molecule has 0 aliphatic carbocycles. The molecule has 3 aromatic rings. The number of carbonyl (C=O) groups excluding carboxylic acids is 1. The highest BCUT2D eigenvalue weighted by Crippen LogP contribution is 2.22. The highest BCUT2D eigenvalue weighted by atomic mass is 35.5. The summed E-state index contributed by atoms with van der Waals surface area (Å²) in [5, 5.41) is 12.0. The molecule has 0 saturated heterocycles. The summed E-state index contributed by atoms with van der Waals surface area (Å²) in [7, 11) is 0. The Hall–Kier alpha value is -2.45. The van der Waals surface area contributed by atoms with Gasteiger partial charge in [-0.1, -0.05) is 35.5 Å². The van der Waals surface area contributed by atoms with Crippen LogP contribution in [0.1, 0.15) is 18.5 Å². The van der Waals surface area contributed by atoms with E-state index in [1.165, 1.54) is 22.7 Å². The molecule has 7 nitrogen and oxygen atoms in total. The minimum absolute atomic E-state index is 0.125. The van der Waals surface area contributed by atoms with Gasteiger partial charge < -0.3 is 15.6 Å². The van der Waals surface area contributed by atoms with Crippen molar-refractivity contribution in [3.05, 3.63) is 53.2 Å². The standard InChI is InChI=1S/C16H16ClN5O2S/c1-10(11-4-6-12(17)7-5-11)19-14(23)9-25-16-21-20-15(22(16)18)13-3-2-8-24-13/h2-8,10H,9,18H2,1H3,(H,19,23)/t10-/m1/s1. The van der Waals surface area contributed by atoms with Gasteiger partial charge in [0.15, 0.2) is 5.76 Å². The molecule has 1 aromatic carbocycles. The maximum atomic E-state index is 12.1. The molecule has 0 radical (unpaired) electrons. The lowest BCUT2D eigenvalue weighted by Gasteiger charge is -2.14. The van der Waals surface area contributed by atoms with Gasteiger partial charge >= 0.3 is 0 Å². The summed E-state index contributed by atoms with van der Waals surface area (Å²) in [6, 6.07) is 10.7. The predicted octanol–water partition coefficient (Wildman–Crippen LogP) is 2.87. The van der Waals surface area contributed by atoms with E-state index in [1.807, 2.05) is 19.1 Å². The SMILES string of the molecule is C[C@@H](NC(=O)CSc1nnc(-c2ccco2)n1N)c1ccc(Cl)cc1. The highest BCUT2D eigenvalue weighted by molar-refractivity contribution is 7.99. The molecule has 0 fully saturated rings. The van der Waals surface area contributed by atoms with E-state index in [1.54, 1.807) is 24.3 Å². The van der Waals surface area contributed by atoms with Crippen molar-refractivity contribution in [2.45, 2.75) is 18.1 Å². The zero-order chi connectivity index (χ0) is 17.8. The normalized spacial score (nSPS) is 12.1. The van der Waals surface area contributed by atoms with E-state index in [2.05, 4.69) is 15.5 Å². The van der Waals surface area contributed by atoms with E-state index < -0.39 is 0 Å². The lowest BCUT2D eigenvalue weighted by molar-refractivity contribution is -0.119. The summed E-state index contributed by atoms with van der Waals surface area (Å²) < 4.78 is 6.55. The molecule has 9 heteroatoms. The van der Waals surface area contributed by atoms with Crippen LogP contribution in [0.2, 0.25) is 5.02 Å². The first kappa shape index (κ1) is 17.4. The predicted molar refractivity (Wildman–Crippen MR) is 96.6 cm³/mol. The number of carbonyl (C=O) groups is 1. The Kier molecular flexibility index (Phi) is 5.30. The number of nitrogens with two attached hydrogens (primary N) is 1. The Morgan fingerprint density at radius 1 is 1.36 bits per heavy atom. The Morgan fingerprint density at radius 2 is 2.12 bits per heavy atom. The van der Waals surface area contributed by atoms with Crippen molar-refractivity contribution in [1.82, 2.24) is 20.2 Å². The Balaban J connectivity index is 1.56. The fourth-order valence-electron chi connectivity index (χ4n) is 2.20. The summed E-state index contributed by atoms with van der Waals surface area (Å²) in [5.41, 5.74) is 0.977. The van der Waals surface area contributed by atoms with E-state index in [-0.39, 0.29) is 17.7 Å². The molecule has 1 amide bonds. The zero-order valence-corrected chi connectivity index (χ0v) is 14.9. The van der Waals surface area contributed by atoms with Crippen LogP contribution in [0.3, 0.4) is 0 Å². The molecule has 2 aromatic heterocycles. The smallest absolute Gasteiger partial charge is 0.230 e. The number of thioether (sulfide) groups is 1. The summed E-state index contributed by atoms with van der Waals surface area (Å²) >= 11 is 7.07. The second-order valence-electron chi connectivity index (χ2n) is 5.28. The van der Waals surface area contributed by atoms with E-state index in [0.29, 0.717) is 21.8 Å². The molecule has 0 spiro atoms. The number of aromatic nitrogens is 3. The number of rotatable bonds is 6. The molecule has 0 saturated carbocycles. The number of nitrogens with zero attached hydrogens (tertiary/aromatic N) is 3. The van der Waals surface area contributed by atoms with Crippen molar-refractivity contribution in [3.63, 3.8) is 0 Å². The Labute approximate surface area is 153 Å². The van der Waals surface area contributed by atoms with Crippen LogP contribution in [0.25, 0.3) is 11.6 Å². The Morgan fingerprint density at radius 3 is 2.80 bits per heavy atom. The number of benzene rings is 1. The molecule has 3 N–H and O–H groups in total. The van der Waals surface area contributed by atoms with Gasteiger partial charge in [0, 0.05) is 5.02 Å². The lowest BCUT2D eigenvalue weighted by atomic mass is 10.1. The van der Waals surface area contributed by atoms with Crippen molar-refractivity contribution >= 4 is 29.3 Å². The van der Waals surface area contributed by atoms with Crippen molar-refractivity contribution in [2.75, 3.05) is 11.6 Å². The minimum atomic E-state index is -0.130. The van der Waals surface area contributed by atoms with Crippen LogP contribution in [-0.2, 0) is 4.79 Å². The van der Waals surface area contributed by atoms with Gasteiger partial charge in [0.25, 0.3) is 0 Å². The molecule has 0 aliphatic rings. The van der Waals surface area contributed by atoms with Crippen LogP contribution in [0.4, 0.5) is 0 Å². The van der Waals surface area contributed by atoms with Crippen LogP contribution >= 0.6 is 23.4 Å².